The van der Waals surface area contributed by atoms with Crippen LogP contribution in [0, 0.1) is 0 Å². The third-order valence-corrected chi connectivity index (χ3v) is 5.68. The molecule has 29 heavy (non-hydrogen) atoms. The lowest BCUT2D eigenvalue weighted by atomic mass is 10.0. The van der Waals surface area contributed by atoms with Crippen LogP contribution in [0.25, 0.3) is 22.2 Å². The molecule has 4 rings (SSSR count). The Bertz CT molecular complexity index is 1040. The molecule has 152 valence electrons. The SMILES string of the molecule is COc1cc(OC)c(Cl)c(-c2cc3cnc(N)nc3c(CC3CCCO3)n2)c1Cl. The van der Waals surface area contributed by atoms with Crippen LogP contribution in [0.5, 0.6) is 11.5 Å². The summed E-state index contributed by atoms with van der Waals surface area (Å²) in [5, 5.41) is 1.49. The van der Waals surface area contributed by atoms with E-state index in [1.807, 2.05) is 6.07 Å². The zero-order valence-corrected chi connectivity index (χ0v) is 17.5. The first kappa shape index (κ1) is 19.9. The summed E-state index contributed by atoms with van der Waals surface area (Å²) in [5.41, 5.74) is 8.37. The average Bonchev–Trinajstić information content (AvgIpc) is 3.22. The molecule has 2 aromatic heterocycles. The lowest BCUT2D eigenvalue weighted by molar-refractivity contribution is 0.111. The zero-order valence-electron chi connectivity index (χ0n) is 16.0. The molecule has 0 saturated carbocycles. The van der Waals surface area contributed by atoms with Crippen LogP contribution < -0.4 is 15.2 Å². The Kier molecular flexibility index (Phi) is 5.63. The van der Waals surface area contributed by atoms with E-state index in [-0.39, 0.29) is 12.1 Å². The highest BCUT2D eigenvalue weighted by atomic mass is 35.5. The van der Waals surface area contributed by atoms with Crippen molar-refractivity contribution in [2.45, 2.75) is 25.4 Å². The first-order valence-electron chi connectivity index (χ1n) is 9.16. The Balaban J connectivity index is 1.94. The number of nitrogens with zero attached hydrogens (tertiary/aromatic N) is 3. The monoisotopic (exact) mass is 434 g/mol. The number of pyridine rings is 1. The standard InChI is InChI=1S/C20H20Cl2N4O3/c1-27-14-8-15(28-2)18(22)16(17(14)21)12-6-10-9-24-20(23)26-19(10)13(25-12)7-11-4-3-5-29-11/h6,8-9,11H,3-5,7H2,1-2H3,(H2,23,24,26). The topological polar surface area (TPSA) is 92.4 Å². The third-order valence-electron chi connectivity index (χ3n) is 4.93. The van der Waals surface area contributed by atoms with Gasteiger partial charge in [-0.2, -0.15) is 0 Å². The van der Waals surface area contributed by atoms with Gasteiger partial charge in [-0.1, -0.05) is 23.2 Å². The summed E-state index contributed by atoms with van der Waals surface area (Å²) < 4.78 is 16.6. The largest absolute Gasteiger partial charge is 0.495 e. The number of benzene rings is 1. The highest BCUT2D eigenvalue weighted by Gasteiger charge is 2.23. The van der Waals surface area contributed by atoms with Crippen molar-refractivity contribution in [2.24, 2.45) is 0 Å². The molecule has 0 radical (unpaired) electrons. The summed E-state index contributed by atoms with van der Waals surface area (Å²) in [5.74, 6) is 1.08. The summed E-state index contributed by atoms with van der Waals surface area (Å²) in [6.45, 7) is 0.754. The Morgan fingerprint density at radius 2 is 1.86 bits per heavy atom. The van der Waals surface area contributed by atoms with Crippen LogP contribution in [0.3, 0.4) is 0 Å². The number of aromatic nitrogens is 3. The highest BCUT2D eigenvalue weighted by Crippen LogP contribution is 2.46. The van der Waals surface area contributed by atoms with Crippen molar-refractivity contribution in [3.63, 3.8) is 0 Å². The molecule has 1 unspecified atom stereocenters. The van der Waals surface area contributed by atoms with Crippen molar-refractivity contribution < 1.29 is 14.2 Å². The number of hydrogen-bond acceptors (Lipinski definition) is 7. The van der Waals surface area contributed by atoms with Gasteiger partial charge in [0.05, 0.1) is 47.3 Å². The minimum atomic E-state index is 0.0860. The maximum Gasteiger partial charge on any atom is 0.220 e. The van der Waals surface area contributed by atoms with Gasteiger partial charge >= 0.3 is 0 Å². The number of nitrogen functional groups attached to an aromatic ring is 1. The molecule has 0 aliphatic carbocycles. The molecule has 1 aliphatic rings. The maximum atomic E-state index is 6.60. The van der Waals surface area contributed by atoms with Crippen LogP contribution in [-0.2, 0) is 11.2 Å². The smallest absolute Gasteiger partial charge is 0.220 e. The fourth-order valence-corrected chi connectivity index (χ4v) is 4.22. The third kappa shape index (κ3) is 3.77. The van der Waals surface area contributed by atoms with E-state index >= 15 is 0 Å². The fourth-order valence-electron chi connectivity index (χ4n) is 3.52. The van der Waals surface area contributed by atoms with Gasteiger partial charge in [0.25, 0.3) is 0 Å². The van der Waals surface area contributed by atoms with Crippen LogP contribution in [0.2, 0.25) is 10.0 Å². The predicted octanol–water partition coefficient (Wildman–Crippen LogP) is 4.32. The molecule has 0 spiro atoms. The summed E-state index contributed by atoms with van der Waals surface area (Å²) in [6.07, 6.45) is 4.37. The van der Waals surface area contributed by atoms with Gasteiger partial charge in [-0.15, -0.1) is 0 Å². The van der Waals surface area contributed by atoms with Gasteiger partial charge in [0.15, 0.2) is 0 Å². The van der Waals surface area contributed by atoms with Crippen LogP contribution >= 0.6 is 23.2 Å². The molecule has 1 saturated heterocycles. The van der Waals surface area contributed by atoms with E-state index < -0.39 is 0 Å². The Morgan fingerprint density at radius 3 is 2.48 bits per heavy atom. The second-order valence-electron chi connectivity index (χ2n) is 6.74. The zero-order chi connectivity index (χ0) is 20.5. The van der Waals surface area contributed by atoms with Gasteiger partial charge in [0.1, 0.15) is 11.5 Å². The number of halogens is 2. The first-order chi connectivity index (χ1) is 14.0. The molecule has 9 heteroatoms. The molecule has 1 atom stereocenters. The molecule has 7 nitrogen and oxygen atoms in total. The molecule has 1 aromatic carbocycles. The first-order valence-corrected chi connectivity index (χ1v) is 9.91. The Hall–Kier alpha value is -2.35. The van der Waals surface area contributed by atoms with E-state index in [4.69, 9.17) is 48.1 Å². The lowest BCUT2D eigenvalue weighted by Crippen LogP contribution is -2.12. The molecule has 1 fully saturated rings. The summed E-state index contributed by atoms with van der Waals surface area (Å²) >= 11 is 13.2. The van der Waals surface area contributed by atoms with Gasteiger partial charge in [0, 0.05) is 36.2 Å². The van der Waals surface area contributed by atoms with Gasteiger partial charge in [-0.3, -0.25) is 4.98 Å². The second-order valence-corrected chi connectivity index (χ2v) is 7.50. The quantitative estimate of drug-likeness (QED) is 0.638. The number of methoxy groups -OCH3 is 2. The lowest BCUT2D eigenvalue weighted by Gasteiger charge is -2.16. The number of anilines is 1. The number of rotatable bonds is 5. The van der Waals surface area contributed by atoms with Crippen LogP contribution in [-0.4, -0.2) is 41.9 Å². The minimum absolute atomic E-state index is 0.0860. The molecule has 3 aromatic rings. The van der Waals surface area contributed by atoms with Crippen molar-refractivity contribution in [1.82, 2.24) is 15.0 Å². The molecular formula is C20H20Cl2N4O3. The van der Waals surface area contributed by atoms with Crippen molar-refractivity contribution in [3.05, 3.63) is 34.1 Å². The minimum Gasteiger partial charge on any atom is -0.495 e. The van der Waals surface area contributed by atoms with E-state index in [0.717, 1.165) is 30.5 Å². The van der Waals surface area contributed by atoms with E-state index in [1.165, 1.54) is 14.2 Å². The highest BCUT2D eigenvalue weighted by molar-refractivity contribution is 6.41. The van der Waals surface area contributed by atoms with Crippen molar-refractivity contribution in [1.29, 1.82) is 0 Å². The molecular weight excluding hydrogens is 415 g/mol. The van der Waals surface area contributed by atoms with E-state index in [1.54, 1.807) is 12.3 Å². The molecule has 3 heterocycles. The van der Waals surface area contributed by atoms with Crippen LogP contribution in [0.1, 0.15) is 18.5 Å². The molecule has 2 N–H and O–H groups in total. The van der Waals surface area contributed by atoms with Crippen molar-refractivity contribution >= 4 is 40.1 Å². The average molecular weight is 435 g/mol. The van der Waals surface area contributed by atoms with E-state index in [9.17, 15) is 0 Å². The van der Waals surface area contributed by atoms with Gasteiger partial charge < -0.3 is 19.9 Å². The van der Waals surface area contributed by atoms with Crippen LogP contribution in [0.15, 0.2) is 18.3 Å². The predicted molar refractivity (Wildman–Crippen MR) is 113 cm³/mol. The summed E-state index contributed by atoms with van der Waals surface area (Å²) in [7, 11) is 3.07. The normalized spacial score (nSPS) is 16.3. The molecule has 0 amide bonds. The van der Waals surface area contributed by atoms with Gasteiger partial charge in [-0.25, -0.2) is 9.97 Å². The van der Waals surface area contributed by atoms with Gasteiger partial charge in [0.2, 0.25) is 5.95 Å². The number of fused-ring (bicyclic) bond motifs is 1. The fraction of sp³-hybridized carbons (Fsp3) is 0.350. The summed E-state index contributed by atoms with van der Waals surface area (Å²) in [6, 6.07) is 3.48. The van der Waals surface area contributed by atoms with Crippen molar-refractivity contribution in [2.75, 3.05) is 26.6 Å². The van der Waals surface area contributed by atoms with Crippen molar-refractivity contribution in [3.8, 4) is 22.8 Å². The number of nitrogens with two attached hydrogens (primary N) is 1. The molecule has 1 aliphatic heterocycles. The Labute approximate surface area is 178 Å². The Morgan fingerprint density at radius 1 is 1.14 bits per heavy atom. The maximum absolute atomic E-state index is 6.60. The number of ether oxygens (including phenoxy) is 3. The van der Waals surface area contributed by atoms with E-state index in [2.05, 4.69) is 9.97 Å². The van der Waals surface area contributed by atoms with Gasteiger partial charge in [-0.05, 0) is 18.9 Å². The number of hydrogen-bond donors (Lipinski definition) is 1. The molecule has 0 bridgehead atoms. The van der Waals surface area contributed by atoms with E-state index in [0.29, 0.717) is 44.7 Å². The second kappa shape index (κ2) is 8.18. The van der Waals surface area contributed by atoms with Crippen LogP contribution in [0.4, 0.5) is 5.95 Å². The summed E-state index contributed by atoms with van der Waals surface area (Å²) in [4.78, 5) is 13.4.